The molecule has 1 aromatic rings. The highest BCUT2D eigenvalue weighted by molar-refractivity contribution is 5.95. The van der Waals surface area contributed by atoms with Crippen LogP contribution in [0.2, 0.25) is 0 Å². The number of anilines is 1. The van der Waals surface area contributed by atoms with E-state index in [-0.39, 0.29) is 23.3 Å². The number of aryl methyl sites for hydroxylation is 1. The molecule has 1 fully saturated rings. The molecule has 1 aliphatic heterocycles. The summed E-state index contributed by atoms with van der Waals surface area (Å²) in [5.41, 5.74) is 3.57. The highest BCUT2D eigenvalue weighted by Gasteiger charge is 2.61. The smallest absolute Gasteiger partial charge is 0.227 e. The summed E-state index contributed by atoms with van der Waals surface area (Å²) >= 11 is 0. The molecule has 0 bridgehead atoms. The lowest BCUT2D eigenvalue weighted by molar-refractivity contribution is -0.118. The first-order chi connectivity index (χ1) is 8.91. The van der Waals surface area contributed by atoms with Crippen LogP contribution >= 0.6 is 0 Å². The molecule has 1 aromatic carbocycles. The molecule has 2 aliphatic rings. The van der Waals surface area contributed by atoms with Gasteiger partial charge in [0.25, 0.3) is 0 Å². The number of rotatable bonds is 2. The van der Waals surface area contributed by atoms with Gasteiger partial charge in [-0.25, -0.2) is 0 Å². The van der Waals surface area contributed by atoms with Crippen LogP contribution in [0.5, 0.6) is 0 Å². The Balaban J connectivity index is 2.02. The Labute approximate surface area is 114 Å². The number of benzene rings is 1. The van der Waals surface area contributed by atoms with Crippen LogP contribution < -0.4 is 4.90 Å². The van der Waals surface area contributed by atoms with Crippen LogP contribution in [0.1, 0.15) is 37.8 Å². The van der Waals surface area contributed by atoms with Gasteiger partial charge in [-0.05, 0) is 35.4 Å². The molecule has 3 rings (SSSR count). The van der Waals surface area contributed by atoms with E-state index in [2.05, 4.69) is 26.0 Å². The van der Waals surface area contributed by atoms with E-state index in [1.165, 1.54) is 11.1 Å². The molecular formula is C16H21NO2. The largest absolute Gasteiger partial charge is 0.395 e. The van der Waals surface area contributed by atoms with Crippen LogP contribution in [-0.4, -0.2) is 24.7 Å². The Hall–Kier alpha value is -1.35. The van der Waals surface area contributed by atoms with E-state index in [0.29, 0.717) is 6.42 Å². The van der Waals surface area contributed by atoms with Crippen LogP contribution in [0.15, 0.2) is 18.2 Å². The van der Waals surface area contributed by atoms with Crippen LogP contribution in [0.4, 0.5) is 5.69 Å². The average molecular weight is 259 g/mol. The molecular weight excluding hydrogens is 238 g/mol. The number of carbonyl (C=O) groups is 1. The fourth-order valence-electron chi connectivity index (χ4n) is 3.52. The summed E-state index contributed by atoms with van der Waals surface area (Å²) in [4.78, 5) is 13.4. The van der Waals surface area contributed by atoms with Gasteiger partial charge in [0.05, 0.1) is 6.61 Å². The number of aliphatic hydroxyl groups excluding tert-OH is 1. The zero-order valence-electron chi connectivity index (χ0n) is 11.9. The third-order valence-electron chi connectivity index (χ3n) is 5.16. The van der Waals surface area contributed by atoms with Crippen LogP contribution in [0, 0.1) is 5.41 Å². The van der Waals surface area contributed by atoms with Gasteiger partial charge in [0, 0.05) is 24.6 Å². The summed E-state index contributed by atoms with van der Waals surface area (Å²) in [6.45, 7) is 4.62. The van der Waals surface area contributed by atoms with Gasteiger partial charge in [0.1, 0.15) is 0 Å². The van der Waals surface area contributed by atoms with Gasteiger partial charge >= 0.3 is 0 Å². The van der Waals surface area contributed by atoms with E-state index in [9.17, 15) is 9.90 Å². The van der Waals surface area contributed by atoms with Crippen molar-refractivity contribution in [3.63, 3.8) is 0 Å². The quantitative estimate of drug-likeness (QED) is 0.885. The number of aliphatic hydroxyl groups is 1. The molecule has 1 unspecified atom stereocenters. The molecule has 0 spiro atoms. The summed E-state index contributed by atoms with van der Waals surface area (Å²) in [6, 6.07) is 6.32. The zero-order chi connectivity index (χ0) is 13.8. The molecule has 19 heavy (non-hydrogen) atoms. The molecule has 1 atom stereocenters. The van der Waals surface area contributed by atoms with Crippen LogP contribution in [0.25, 0.3) is 0 Å². The Bertz CT molecular complexity index is 550. The monoisotopic (exact) mass is 259 g/mol. The van der Waals surface area contributed by atoms with Gasteiger partial charge in [-0.2, -0.15) is 0 Å². The number of nitrogens with zero attached hydrogens (tertiary/aromatic N) is 1. The lowest BCUT2D eigenvalue weighted by Gasteiger charge is -2.28. The molecule has 1 saturated carbocycles. The van der Waals surface area contributed by atoms with Crippen molar-refractivity contribution >= 4 is 11.6 Å². The number of carbonyl (C=O) groups excluding carboxylic acids is 1. The van der Waals surface area contributed by atoms with Crippen molar-refractivity contribution in [3.8, 4) is 0 Å². The Morgan fingerprint density at radius 3 is 2.58 bits per heavy atom. The second-order valence-electron chi connectivity index (χ2n) is 6.60. The summed E-state index contributed by atoms with van der Waals surface area (Å²) in [6.07, 6.45) is 2.43. The molecule has 102 valence electrons. The Kier molecular flexibility index (Phi) is 2.55. The maximum atomic E-state index is 11.7. The van der Waals surface area contributed by atoms with Crippen molar-refractivity contribution in [2.45, 2.75) is 38.5 Å². The summed E-state index contributed by atoms with van der Waals surface area (Å²) in [5, 5.41) is 9.78. The van der Waals surface area contributed by atoms with Crippen molar-refractivity contribution in [1.82, 2.24) is 0 Å². The second-order valence-corrected chi connectivity index (χ2v) is 6.60. The fraction of sp³-hybridized carbons (Fsp3) is 0.562. The molecule has 1 aliphatic carbocycles. The third-order valence-corrected chi connectivity index (χ3v) is 5.16. The minimum atomic E-state index is -0.0813. The number of amides is 1. The van der Waals surface area contributed by atoms with Gasteiger partial charge in [-0.15, -0.1) is 0 Å². The SMILES string of the molecule is CN1C(=O)CCc2cc(C3(CO)CC3(C)C)ccc21. The average Bonchev–Trinajstić information content (AvgIpc) is 2.97. The van der Waals surface area contributed by atoms with Gasteiger partial charge < -0.3 is 10.0 Å². The molecule has 3 nitrogen and oxygen atoms in total. The van der Waals surface area contributed by atoms with E-state index < -0.39 is 0 Å². The summed E-state index contributed by atoms with van der Waals surface area (Å²) < 4.78 is 0. The molecule has 3 heteroatoms. The molecule has 0 radical (unpaired) electrons. The van der Waals surface area contributed by atoms with Gasteiger partial charge in [-0.1, -0.05) is 26.0 Å². The normalized spacial score (nSPS) is 28.2. The number of hydrogen-bond acceptors (Lipinski definition) is 2. The molecule has 1 heterocycles. The highest BCUT2D eigenvalue weighted by atomic mass is 16.3. The maximum absolute atomic E-state index is 11.7. The van der Waals surface area contributed by atoms with E-state index >= 15 is 0 Å². The first-order valence-corrected chi connectivity index (χ1v) is 6.92. The van der Waals surface area contributed by atoms with E-state index in [1.54, 1.807) is 4.90 Å². The van der Waals surface area contributed by atoms with Crippen molar-refractivity contribution in [3.05, 3.63) is 29.3 Å². The van der Waals surface area contributed by atoms with E-state index in [4.69, 9.17) is 0 Å². The minimum Gasteiger partial charge on any atom is -0.395 e. The highest BCUT2D eigenvalue weighted by Crippen LogP contribution is 2.64. The number of fused-ring (bicyclic) bond motifs is 1. The Morgan fingerprint density at radius 1 is 1.32 bits per heavy atom. The Morgan fingerprint density at radius 2 is 2.00 bits per heavy atom. The second kappa shape index (κ2) is 3.83. The molecule has 0 aromatic heterocycles. The van der Waals surface area contributed by atoms with E-state index in [0.717, 1.165) is 18.5 Å². The van der Waals surface area contributed by atoms with Crippen molar-refractivity contribution in [2.75, 3.05) is 18.6 Å². The standard InChI is InChI=1S/C16H21NO2/c1-15(2)9-16(15,10-18)12-5-6-13-11(8-12)4-7-14(19)17(13)3/h5-6,8,18H,4,7,9-10H2,1-3H3. The maximum Gasteiger partial charge on any atom is 0.227 e. The molecule has 1 N–H and O–H groups in total. The predicted octanol–water partition coefficient (Wildman–Crippen LogP) is 2.26. The number of hydrogen-bond donors (Lipinski definition) is 1. The van der Waals surface area contributed by atoms with Gasteiger partial charge in [0.2, 0.25) is 5.91 Å². The van der Waals surface area contributed by atoms with Gasteiger partial charge in [0.15, 0.2) is 0 Å². The van der Waals surface area contributed by atoms with Crippen molar-refractivity contribution in [2.24, 2.45) is 5.41 Å². The van der Waals surface area contributed by atoms with Gasteiger partial charge in [-0.3, -0.25) is 4.79 Å². The van der Waals surface area contributed by atoms with Crippen LogP contribution in [-0.2, 0) is 16.6 Å². The summed E-state index contributed by atoms with van der Waals surface area (Å²) in [5.74, 6) is 0.184. The predicted molar refractivity (Wildman–Crippen MR) is 75.3 cm³/mol. The molecule has 0 saturated heterocycles. The zero-order valence-corrected chi connectivity index (χ0v) is 11.9. The van der Waals surface area contributed by atoms with Crippen molar-refractivity contribution < 1.29 is 9.90 Å². The third kappa shape index (κ3) is 1.64. The fourth-order valence-corrected chi connectivity index (χ4v) is 3.52. The topological polar surface area (TPSA) is 40.5 Å². The first kappa shape index (κ1) is 12.7. The molecule has 1 amide bonds. The lowest BCUT2D eigenvalue weighted by atomic mass is 9.86. The van der Waals surface area contributed by atoms with E-state index in [1.807, 2.05) is 13.1 Å². The minimum absolute atomic E-state index is 0.0813. The lowest BCUT2D eigenvalue weighted by Crippen LogP contribution is -2.31. The summed E-state index contributed by atoms with van der Waals surface area (Å²) in [7, 11) is 1.84. The van der Waals surface area contributed by atoms with Crippen molar-refractivity contribution in [1.29, 1.82) is 0 Å². The first-order valence-electron chi connectivity index (χ1n) is 6.92. The van der Waals surface area contributed by atoms with Crippen LogP contribution in [0.3, 0.4) is 0 Å².